The number of benzene rings is 1. The van der Waals surface area contributed by atoms with Gasteiger partial charge in [0.2, 0.25) is 10.0 Å². The molecule has 1 aliphatic rings. The molecule has 1 N–H and O–H groups in total. The van der Waals surface area contributed by atoms with Crippen molar-refractivity contribution in [3.8, 4) is 0 Å². The molecule has 0 amide bonds. The van der Waals surface area contributed by atoms with E-state index in [-0.39, 0.29) is 16.2 Å². The average Bonchev–Trinajstić information content (AvgIpc) is 2.84. The van der Waals surface area contributed by atoms with Crippen LogP contribution in [-0.4, -0.2) is 30.4 Å². The minimum Gasteiger partial charge on any atom is -0.258 e. The van der Waals surface area contributed by atoms with Crippen molar-refractivity contribution in [2.75, 3.05) is 12.3 Å². The number of halogens is 1. The molecule has 1 atom stereocenters. The Morgan fingerprint density at radius 2 is 2.24 bits per heavy atom. The van der Waals surface area contributed by atoms with Crippen LogP contribution in [0.15, 0.2) is 27.6 Å². The van der Waals surface area contributed by atoms with Gasteiger partial charge in [-0.15, -0.1) is 0 Å². The smallest absolute Gasteiger partial charge is 0.258 e. The molecule has 1 fully saturated rings. The Hall–Kier alpha value is -0.640. The van der Waals surface area contributed by atoms with Crippen LogP contribution in [0.25, 0.3) is 0 Å². The van der Waals surface area contributed by atoms with Crippen LogP contribution in [0.3, 0.4) is 0 Å². The summed E-state index contributed by atoms with van der Waals surface area (Å²) in [5, 5.41) is 11.0. The topological polar surface area (TPSA) is 89.3 Å². The maximum Gasteiger partial charge on any atom is 0.289 e. The quantitative estimate of drug-likeness (QED) is 0.612. The van der Waals surface area contributed by atoms with E-state index in [0.29, 0.717) is 4.47 Å². The second kappa shape index (κ2) is 6.23. The fourth-order valence-corrected chi connectivity index (χ4v) is 5.37. The highest BCUT2D eigenvalue weighted by molar-refractivity contribution is 9.10. The Morgan fingerprint density at radius 3 is 2.81 bits per heavy atom. The van der Waals surface area contributed by atoms with Gasteiger partial charge in [-0.25, -0.2) is 13.1 Å². The third-order valence-electron chi connectivity index (χ3n) is 3.34. The fraction of sp³-hybridized carbons (Fsp3) is 0.500. The van der Waals surface area contributed by atoms with Crippen LogP contribution in [0.4, 0.5) is 5.69 Å². The van der Waals surface area contributed by atoms with Gasteiger partial charge < -0.3 is 0 Å². The molecule has 9 heteroatoms. The molecule has 21 heavy (non-hydrogen) atoms. The SMILES string of the molecule is CC1(CNS(=O)(=O)c2cc(Br)ccc2[N+](=O)[O-])CCCS1. The average molecular weight is 395 g/mol. The molecule has 1 aliphatic heterocycles. The molecule has 1 aromatic carbocycles. The van der Waals surface area contributed by atoms with Crippen molar-refractivity contribution in [2.45, 2.75) is 29.4 Å². The summed E-state index contributed by atoms with van der Waals surface area (Å²) < 4.78 is 27.6. The summed E-state index contributed by atoms with van der Waals surface area (Å²) >= 11 is 4.87. The van der Waals surface area contributed by atoms with E-state index in [2.05, 4.69) is 20.7 Å². The van der Waals surface area contributed by atoms with Crippen LogP contribution in [0.1, 0.15) is 19.8 Å². The van der Waals surface area contributed by atoms with E-state index in [9.17, 15) is 18.5 Å². The molecule has 0 aliphatic carbocycles. The van der Waals surface area contributed by atoms with Crippen LogP contribution in [0, 0.1) is 10.1 Å². The number of hydrogen-bond donors (Lipinski definition) is 1. The van der Waals surface area contributed by atoms with Gasteiger partial charge in [-0.2, -0.15) is 11.8 Å². The van der Waals surface area contributed by atoms with Crippen molar-refractivity contribution in [1.29, 1.82) is 0 Å². The lowest BCUT2D eigenvalue weighted by atomic mass is 10.1. The van der Waals surface area contributed by atoms with E-state index in [1.54, 1.807) is 11.8 Å². The van der Waals surface area contributed by atoms with Gasteiger partial charge in [-0.1, -0.05) is 15.9 Å². The van der Waals surface area contributed by atoms with Crippen LogP contribution >= 0.6 is 27.7 Å². The molecular weight excluding hydrogens is 380 g/mol. The zero-order valence-electron chi connectivity index (χ0n) is 11.3. The van der Waals surface area contributed by atoms with Crippen LogP contribution in [0.2, 0.25) is 0 Å². The number of thioether (sulfide) groups is 1. The van der Waals surface area contributed by atoms with E-state index in [1.165, 1.54) is 18.2 Å². The molecule has 6 nitrogen and oxygen atoms in total. The Kier molecular flexibility index (Phi) is 4.96. The van der Waals surface area contributed by atoms with E-state index < -0.39 is 20.6 Å². The van der Waals surface area contributed by atoms with Gasteiger partial charge in [0.1, 0.15) is 0 Å². The molecule has 0 saturated carbocycles. The van der Waals surface area contributed by atoms with Gasteiger partial charge >= 0.3 is 0 Å². The standard InChI is InChI=1S/C12H15BrN2O4S2/c1-12(5-2-6-20-12)8-14-21(18,19)11-7-9(13)3-4-10(11)15(16)17/h3-4,7,14H,2,5-6,8H2,1H3. The van der Waals surface area contributed by atoms with Gasteiger partial charge in [0.15, 0.2) is 4.90 Å². The van der Waals surface area contributed by atoms with Crippen molar-refractivity contribution in [1.82, 2.24) is 4.72 Å². The van der Waals surface area contributed by atoms with Crippen molar-refractivity contribution in [3.63, 3.8) is 0 Å². The largest absolute Gasteiger partial charge is 0.289 e. The zero-order valence-corrected chi connectivity index (χ0v) is 14.6. The first kappa shape index (κ1) is 16.7. The maximum atomic E-state index is 12.4. The van der Waals surface area contributed by atoms with Crippen molar-refractivity contribution in [3.05, 3.63) is 32.8 Å². The lowest BCUT2D eigenvalue weighted by Gasteiger charge is -2.22. The second-order valence-corrected chi connectivity index (χ2v) is 9.43. The van der Waals surface area contributed by atoms with Gasteiger partial charge in [-0.3, -0.25) is 10.1 Å². The van der Waals surface area contributed by atoms with Crippen LogP contribution < -0.4 is 4.72 Å². The maximum absolute atomic E-state index is 12.4. The number of rotatable bonds is 5. The number of nitro benzene ring substituents is 1. The lowest BCUT2D eigenvalue weighted by molar-refractivity contribution is -0.387. The molecular formula is C12H15BrN2O4S2. The minimum atomic E-state index is -3.92. The lowest BCUT2D eigenvalue weighted by Crippen LogP contribution is -2.36. The summed E-state index contributed by atoms with van der Waals surface area (Å²) in [6, 6.07) is 3.89. The Balaban J connectivity index is 2.27. The van der Waals surface area contributed by atoms with Crippen molar-refractivity contribution >= 4 is 43.4 Å². The Labute approximate surface area is 136 Å². The number of hydrogen-bond acceptors (Lipinski definition) is 5. The van der Waals surface area contributed by atoms with Crippen molar-refractivity contribution in [2.24, 2.45) is 0 Å². The summed E-state index contributed by atoms with van der Waals surface area (Å²) in [7, 11) is -3.92. The Bertz CT molecular complexity index is 657. The van der Waals surface area contributed by atoms with Gasteiger partial charge in [0.05, 0.1) is 4.92 Å². The van der Waals surface area contributed by atoms with Gasteiger partial charge in [0, 0.05) is 21.8 Å². The molecule has 0 radical (unpaired) electrons. The molecule has 1 unspecified atom stereocenters. The molecule has 0 aromatic heterocycles. The Morgan fingerprint density at radius 1 is 1.52 bits per heavy atom. The summed E-state index contributed by atoms with van der Waals surface area (Å²) in [4.78, 5) is 10.00. The molecule has 116 valence electrons. The second-order valence-electron chi connectivity index (χ2n) is 5.10. The van der Waals surface area contributed by atoms with Crippen molar-refractivity contribution < 1.29 is 13.3 Å². The minimum absolute atomic E-state index is 0.145. The third-order valence-corrected chi connectivity index (χ3v) is 6.81. The van der Waals surface area contributed by atoms with Crippen LogP contribution in [-0.2, 0) is 10.0 Å². The predicted molar refractivity (Wildman–Crippen MR) is 86.1 cm³/mol. The first-order valence-electron chi connectivity index (χ1n) is 6.31. The third kappa shape index (κ3) is 3.97. The summed E-state index contributed by atoms with van der Waals surface area (Å²) in [6.45, 7) is 2.27. The zero-order chi connectivity index (χ0) is 15.7. The van der Waals surface area contributed by atoms with E-state index in [0.717, 1.165) is 18.6 Å². The van der Waals surface area contributed by atoms with E-state index >= 15 is 0 Å². The van der Waals surface area contributed by atoms with Crippen LogP contribution in [0.5, 0.6) is 0 Å². The number of nitrogens with zero attached hydrogens (tertiary/aromatic N) is 1. The summed E-state index contributed by atoms with van der Waals surface area (Å²) in [5.41, 5.74) is -0.421. The summed E-state index contributed by atoms with van der Waals surface area (Å²) in [5.74, 6) is 1.01. The normalized spacial score (nSPS) is 22.4. The van der Waals surface area contributed by atoms with Gasteiger partial charge in [0.25, 0.3) is 5.69 Å². The molecule has 1 heterocycles. The molecule has 0 spiro atoms. The molecule has 2 rings (SSSR count). The van der Waals surface area contributed by atoms with E-state index in [1.807, 2.05) is 6.92 Å². The fourth-order valence-electron chi connectivity index (χ4n) is 2.16. The number of sulfonamides is 1. The highest BCUT2D eigenvalue weighted by Gasteiger charge is 2.33. The number of nitro groups is 1. The summed E-state index contributed by atoms with van der Waals surface area (Å²) in [6.07, 6.45) is 1.99. The van der Waals surface area contributed by atoms with E-state index in [4.69, 9.17) is 0 Å². The molecule has 1 saturated heterocycles. The highest BCUT2D eigenvalue weighted by atomic mass is 79.9. The number of nitrogens with one attached hydrogen (secondary N) is 1. The first-order valence-corrected chi connectivity index (χ1v) is 9.57. The first-order chi connectivity index (χ1) is 9.73. The molecule has 0 bridgehead atoms. The van der Waals surface area contributed by atoms with Gasteiger partial charge in [-0.05, 0) is 37.7 Å². The molecule has 1 aromatic rings. The predicted octanol–water partition coefficient (Wildman–Crippen LogP) is 2.92. The highest BCUT2D eigenvalue weighted by Crippen LogP contribution is 2.37. The monoisotopic (exact) mass is 394 g/mol.